The predicted molar refractivity (Wildman–Crippen MR) is 106 cm³/mol. The van der Waals surface area contributed by atoms with Gasteiger partial charge < -0.3 is 11.1 Å². The molecule has 0 aliphatic carbocycles. The van der Waals surface area contributed by atoms with Crippen LogP contribution in [0.3, 0.4) is 0 Å². The van der Waals surface area contributed by atoms with Gasteiger partial charge in [-0.05, 0) is 42.0 Å². The molecule has 2 rings (SSSR count). The van der Waals surface area contributed by atoms with Gasteiger partial charge in [-0.1, -0.05) is 32.0 Å². The van der Waals surface area contributed by atoms with Gasteiger partial charge in [0.25, 0.3) is 10.0 Å². The van der Waals surface area contributed by atoms with Crippen LogP contribution in [0.5, 0.6) is 0 Å². The maximum atomic E-state index is 12.3. The Morgan fingerprint density at radius 1 is 1.15 bits per heavy atom. The Balaban J connectivity index is 2.00. The van der Waals surface area contributed by atoms with Crippen molar-refractivity contribution in [2.75, 3.05) is 11.3 Å². The normalized spacial score (nSPS) is 12.0. The molecule has 0 radical (unpaired) electrons. The van der Waals surface area contributed by atoms with E-state index in [1.807, 2.05) is 13.8 Å². The SMILES string of the molecule is CCC(CC)(CN)NC(=O)Cc1ccc(NS(=O)(=O)c2cccs2)cc1. The van der Waals surface area contributed by atoms with E-state index in [2.05, 4.69) is 10.0 Å². The zero-order chi connectivity index (χ0) is 19.2. The van der Waals surface area contributed by atoms with Crippen LogP contribution in [0, 0.1) is 0 Å². The molecule has 2 aromatic rings. The van der Waals surface area contributed by atoms with Gasteiger partial charge in [-0.3, -0.25) is 9.52 Å². The number of hydrogen-bond donors (Lipinski definition) is 3. The summed E-state index contributed by atoms with van der Waals surface area (Å²) >= 11 is 1.16. The second-order valence-corrected chi connectivity index (χ2v) is 9.01. The summed E-state index contributed by atoms with van der Waals surface area (Å²) < 4.78 is 27.2. The fourth-order valence-corrected chi connectivity index (χ4v) is 4.66. The molecule has 0 saturated carbocycles. The van der Waals surface area contributed by atoms with Crippen LogP contribution in [0.25, 0.3) is 0 Å². The van der Waals surface area contributed by atoms with Crippen LogP contribution in [0.4, 0.5) is 5.69 Å². The first kappa shape index (κ1) is 20.4. The number of anilines is 1. The number of nitrogens with two attached hydrogens (primary N) is 1. The predicted octanol–water partition coefficient (Wildman–Crippen LogP) is 2.73. The molecule has 0 aliphatic heterocycles. The van der Waals surface area contributed by atoms with E-state index < -0.39 is 10.0 Å². The molecule has 8 heteroatoms. The highest BCUT2D eigenvalue weighted by Gasteiger charge is 2.26. The minimum absolute atomic E-state index is 0.0916. The van der Waals surface area contributed by atoms with Crippen molar-refractivity contribution in [3.05, 3.63) is 47.3 Å². The second kappa shape index (κ2) is 8.66. The highest BCUT2D eigenvalue weighted by molar-refractivity contribution is 7.94. The van der Waals surface area contributed by atoms with E-state index in [9.17, 15) is 13.2 Å². The Kier molecular flexibility index (Phi) is 6.80. The molecule has 0 unspecified atom stereocenters. The summed E-state index contributed by atoms with van der Waals surface area (Å²) in [5.74, 6) is -0.0916. The van der Waals surface area contributed by atoms with Crippen molar-refractivity contribution in [1.29, 1.82) is 0 Å². The lowest BCUT2D eigenvalue weighted by Gasteiger charge is -2.31. The minimum Gasteiger partial charge on any atom is -0.349 e. The molecule has 1 aromatic heterocycles. The molecule has 26 heavy (non-hydrogen) atoms. The minimum atomic E-state index is -3.56. The van der Waals surface area contributed by atoms with Gasteiger partial charge in [0.05, 0.1) is 12.0 Å². The van der Waals surface area contributed by atoms with Crippen LogP contribution >= 0.6 is 11.3 Å². The zero-order valence-electron chi connectivity index (χ0n) is 15.0. The Labute approximate surface area is 158 Å². The van der Waals surface area contributed by atoms with Crippen LogP contribution in [-0.2, 0) is 21.2 Å². The summed E-state index contributed by atoms with van der Waals surface area (Å²) in [6.07, 6.45) is 1.77. The van der Waals surface area contributed by atoms with Crippen molar-refractivity contribution in [2.24, 2.45) is 5.73 Å². The third-order valence-electron chi connectivity index (χ3n) is 4.48. The second-order valence-electron chi connectivity index (χ2n) is 6.15. The smallest absolute Gasteiger partial charge is 0.271 e. The van der Waals surface area contributed by atoms with Crippen LogP contribution < -0.4 is 15.8 Å². The molecule has 0 bridgehead atoms. The van der Waals surface area contributed by atoms with Gasteiger partial charge in [0, 0.05) is 12.2 Å². The van der Waals surface area contributed by atoms with E-state index in [0.717, 1.165) is 29.7 Å². The number of thiophene rings is 1. The first-order chi connectivity index (χ1) is 12.3. The van der Waals surface area contributed by atoms with Gasteiger partial charge in [0.1, 0.15) is 4.21 Å². The van der Waals surface area contributed by atoms with E-state index in [-0.39, 0.29) is 22.1 Å². The quantitative estimate of drug-likeness (QED) is 0.607. The Morgan fingerprint density at radius 3 is 2.31 bits per heavy atom. The van der Waals surface area contributed by atoms with Gasteiger partial charge in [-0.15, -0.1) is 11.3 Å². The van der Waals surface area contributed by atoms with Crippen molar-refractivity contribution in [3.63, 3.8) is 0 Å². The summed E-state index contributed by atoms with van der Waals surface area (Å²) in [7, 11) is -3.56. The summed E-state index contributed by atoms with van der Waals surface area (Å²) in [4.78, 5) is 12.3. The maximum Gasteiger partial charge on any atom is 0.271 e. The summed E-state index contributed by atoms with van der Waals surface area (Å²) in [6.45, 7) is 4.41. The van der Waals surface area contributed by atoms with Crippen LogP contribution in [-0.4, -0.2) is 26.4 Å². The van der Waals surface area contributed by atoms with Crippen molar-refractivity contribution < 1.29 is 13.2 Å². The standard InChI is InChI=1S/C18H25N3O3S2/c1-3-18(4-2,13-19)20-16(22)12-14-7-9-15(10-8-14)21-26(23,24)17-6-5-11-25-17/h5-11,21H,3-4,12-13,19H2,1-2H3,(H,20,22). The Bertz CT molecular complexity index is 804. The third kappa shape index (κ3) is 5.06. The Morgan fingerprint density at radius 2 is 1.81 bits per heavy atom. The number of amides is 1. The molecule has 0 fully saturated rings. The molecular formula is C18H25N3O3S2. The third-order valence-corrected chi connectivity index (χ3v) is 7.26. The maximum absolute atomic E-state index is 12.3. The number of nitrogens with one attached hydrogen (secondary N) is 2. The van der Waals surface area contributed by atoms with Crippen molar-refractivity contribution in [1.82, 2.24) is 5.32 Å². The molecule has 0 atom stereocenters. The Hall–Kier alpha value is -1.90. The summed E-state index contributed by atoms with van der Waals surface area (Å²) in [5.41, 5.74) is 6.71. The number of carbonyl (C=O) groups excluding carboxylic acids is 1. The lowest BCUT2D eigenvalue weighted by Crippen LogP contribution is -2.53. The molecule has 0 aliphatic rings. The van der Waals surface area contributed by atoms with E-state index in [1.54, 1.807) is 41.8 Å². The molecule has 142 valence electrons. The number of sulfonamides is 1. The number of rotatable bonds is 9. The topological polar surface area (TPSA) is 101 Å². The van der Waals surface area contributed by atoms with Crippen molar-refractivity contribution >= 4 is 33.0 Å². The molecule has 1 heterocycles. The molecule has 1 amide bonds. The van der Waals surface area contributed by atoms with Crippen LogP contribution in [0.2, 0.25) is 0 Å². The van der Waals surface area contributed by atoms with E-state index in [0.29, 0.717) is 12.2 Å². The van der Waals surface area contributed by atoms with Gasteiger partial charge in [-0.25, -0.2) is 8.42 Å². The fourth-order valence-electron chi connectivity index (χ4n) is 2.60. The molecule has 1 aromatic carbocycles. The lowest BCUT2D eigenvalue weighted by atomic mass is 9.92. The monoisotopic (exact) mass is 395 g/mol. The van der Waals surface area contributed by atoms with Gasteiger partial charge in [-0.2, -0.15) is 0 Å². The first-order valence-electron chi connectivity index (χ1n) is 8.50. The number of hydrogen-bond acceptors (Lipinski definition) is 5. The van der Waals surface area contributed by atoms with Gasteiger partial charge in [0.2, 0.25) is 5.91 Å². The largest absolute Gasteiger partial charge is 0.349 e. The van der Waals surface area contributed by atoms with Crippen molar-refractivity contribution in [3.8, 4) is 0 Å². The molecule has 4 N–H and O–H groups in total. The van der Waals surface area contributed by atoms with Crippen LogP contribution in [0.15, 0.2) is 46.0 Å². The van der Waals surface area contributed by atoms with E-state index >= 15 is 0 Å². The molecule has 0 saturated heterocycles. The first-order valence-corrected chi connectivity index (χ1v) is 10.9. The highest BCUT2D eigenvalue weighted by Crippen LogP contribution is 2.20. The highest BCUT2D eigenvalue weighted by atomic mass is 32.2. The van der Waals surface area contributed by atoms with Gasteiger partial charge >= 0.3 is 0 Å². The van der Waals surface area contributed by atoms with E-state index in [1.165, 1.54) is 0 Å². The van der Waals surface area contributed by atoms with E-state index in [4.69, 9.17) is 5.73 Å². The summed E-state index contributed by atoms with van der Waals surface area (Å²) in [6, 6.07) is 10.0. The molecular weight excluding hydrogens is 370 g/mol. The fraction of sp³-hybridized carbons (Fsp3) is 0.389. The average molecular weight is 396 g/mol. The van der Waals surface area contributed by atoms with Crippen molar-refractivity contribution in [2.45, 2.75) is 42.9 Å². The van der Waals surface area contributed by atoms with Gasteiger partial charge in [0.15, 0.2) is 0 Å². The van der Waals surface area contributed by atoms with Crippen LogP contribution in [0.1, 0.15) is 32.3 Å². The number of carbonyl (C=O) groups is 1. The molecule has 0 spiro atoms. The lowest BCUT2D eigenvalue weighted by molar-refractivity contribution is -0.122. The molecule has 6 nitrogen and oxygen atoms in total. The summed E-state index contributed by atoms with van der Waals surface area (Å²) in [5, 5.41) is 4.74. The zero-order valence-corrected chi connectivity index (χ0v) is 16.6. The number of benzene rings is 1. The average Bonchev–Trinajstić information content (AvgIpc) is 3.17.